The van der Waals surface area contributed by atoms with Gasteiger partial charge in [-0.2, -0.15) is 5.26 Å². The van der Waals surface area contributed by atoms with E-state index in [1.54, 1.807) is 12.3 Å². The fraction of sp³-hybridized carbons (Fsp3) is 0.538. The van der Waals surface area contributed by atoms with Gasteiger partial charge in [0.15, 0.2) is 0 Å². The Hall–Kier alpha value is -1.64. The maximum atomic E-state index is 8.63. The number of hydrogen-bond acceptors (Lipinski definition) is 5. The molecule has 0 saturated carbocycles. The van der Waals surface area contributed by atoms with Crippen molar-refractivity contribution in [2.45, 2.75) is 18.9 Å². The Morgan fingerprint density at radius 2 is 2.28 bits per heavy atom. The molecule has 0 unspecified atom stereocenters. The average Bonchev–Trinajstić information content (AvgIpc) is 2.45. The molecule has 0 aromatic carbocycles. The lowest BCUT2D eigenvalue weighted by molar-refractivity contribution is 0.0394. The SMILES string of the molecule is N#Cc1ccc(NCCOC2CCNCC2)cn1. The molecule has 1 aromatic rings. The predicted octanol–water partition coefficient (Wildman–Crippen LogP) is 1.13. The molecule has 0 atom stereocenters. The molecule has 1 aliphatic heterocycles. The van der Waals surface area contributed by atoms with Gasteiger partial charge in [0.2, 0.25) is 0 Å². The van der Waals surface area contributed by atoms with Gasteiger partial charge in [0.1, 0.15) is 11.8 Å². The minimum atomic E-state index is 0.395. The number of hydrogen-bond donors (Lipinski definition) is 2. The molecule has 5 nitrogen and oxygen atoms in total. The standard InChI is InChI=1S/C13H18N4O/c14-9-11-1-2-12(10-17-11)16-7-8-18-13-3-5-15-6-4-13/h1-2,10,13,15-16H,3-8H2. The van der Waals surface area contributed by atoms with Gasteiger partial charge in [-0.3, -0.25) is 0 Å². The molecule has 96 valence electrons. The van der Waals surface area contributed by atoms with Crippen LogP contribution >= 0.6 is 0 Å². The molecule has 2 N–H and O–H groups in total. The number of nitrogens with one attached hydrogen (secondary N) is 2. The highest BCUT2D eigenvalue weighted by molar-refractivity contribution is 5.42. The van der Waals surface area contributed by atoms with Crippen LogP contribution in [0.1, 0.15) is 18.5 Å². The Morgan fingerprint density at radius 1 is 1.44 bits per heavy atom. The van der Waals surface area contributed by atoms with E-state index in [9.17, 15) is 0 Å². The van der Waals surface area contributed by atoms with Crippen LogP contribution in [-0.4, -0.2) is 37.3 Å². The van der Waals surface area contributed by atoms with Crippen molar-refractivity contribution in [2.24, 2.45) is 0 Å². The Kier molecular flexibility index (Phi) is 4.94. The van der Waals surface area contributed by atoms with E-state index in [4.69, 9.17) is 10.00 Å². The summed E-state index contributed by atoms with van der Waals surface area (Å²) >= 11 is 0. The van der Waals surface area contributed by atoms with Crippen LogP contribution in [0, 0.1) is 11.3 Å². The first-order valence-corrected chi connectivity index (χ1v) is 6.31. The number of nitriles is 1. The van der Waals surface area contributed by atoms with E-state index in [1.165, 1.54) is 0 Å². The van der Waals surface area contributed by atoms with Gasteiger partial charge >= 0.3 is 0 Å². The van der Waals surface area contributed by atoms with E-state index < -0.39 is 0 Å². The van der Waals surface area contributed by atoms with Crippen molar-refractivity contribution >= 4 is 5.69 Å². The zero-order valence-corrected chi connectivity index (χ0v) is 10.4. The minimum Gasteiger partial charge on any atom is -0.381 e. The third-order valence-electron chi connectivity index (χ3n) is 2.95. The fourth-order valence-electron chi connectivity index (χ4n) is 1.95. The zero-order chi connectivity index (χ0) is 12.6. The average molecular weight is 246 g/mol. The van der Waals surface area contributed by atoms with Gasteiger partial charge in [-0.15, -0.1) is 0 Å². The molecule has 1 aliphatic rings. The summed E-state index contributed by atoms with van der Waals surface area (Å²) in [6, 6.07) is 5.56. The van der Waals surface area contributed by atoms with Crippen molar-refractivity contribution in [1.82, 2.24) is 10.3 Å². The van der Waals surface area contributed by atoms with E-state index in [2.05, 4.69) is 15.6 Å². The third-order valence-corrected chi connectivity index (χ3v) is 2.95. The van der Waals surface area contributed by atoms with Crippen LogP contribution in [0.3, 0.4) is 0 Å². The maximum Gasteiger partial charge on any atom is 0.140 e. The Bertz CT molecular complexity index is 392. The Balaban J connectivity index is 1.63. The van der Waals surface area contributed by atoms with E-state index >= 15 is 0 Å². The molecule has 0 amide bonds. The highest BCUT2D eigenvalue weighted by Gasteiger charge is 2.12. The number of anilines is 1. The molecule has 2 rings (SSSR count). The van der Waals surface area contributed by atoms with Crippen molar-refractivity contribution in [2.75, 3.05) is 31.6 Å². The summed E-state index contributed by atoms with van der Waals surface area (Å²) in [5.74, 6) is 0. The number of rotatable bonds is 5. The second kappa shape index (κ2) is 6.94. The number of aromatic nitrogens is 1. The van der Waals surface area contributed by atoms with Gasteiger partial charge in [-0.25, -0.2) is 4.98 Å². The topological polar surface area (TPSA) is 70.0 Å². The molecule has 0 spiro atoms. The summed E-state index contributed by atoms with van der Waals surface area (Å²) in [7, 11) is 0. The summed E-state index contributed by atoms with van der Waals surface area (Å²) in [4.78, 5) is 3.99. The van der Waals surface area contributed by atoms with Crippen LogP contribution in [0.5, 0.6) is 0 Å². The van der Waals surface area contributed by atoms with Crippen molar-refractivity contribution < 1.29 is 4.74 Å². The summed E-state index contributed by atoms with van der Waals surface area (Å²) in [5.41, 5.74) is 1.36. The summed E-state index contributed by atoms with van der Waals surface area (Å²) in [6.07, 6.45) is 4.26. The number of nitrogens with zero attached hydrogens (tertiary/aromatic N) is 2. The molecule has 2 heterocycles. The van der Waals surface area contributed by atoms with Crippen molar-refractivity contribution in [3.05, 3.63) is 24.0 Å². The highest BCUT2D eigenvalue weighted by Crippen LogP contribution is 2.08. The molecular formula is C13H18N4O. The van der Waals surface area contributed by atoms with Gasteiger partial charge in [0.25, 0.3) is 0 Å². The van der Waals surface area contributed by atoms with E-state index in [-0.39, 0.29) is 0 Å². The summed E-state index contributed by atoms with van der Waals surface area (Å²) in [6.45, 7) is 3.57. The first-order valence-electron chi connectivity index (χ1n) is 6.31. The second-order valence-electron chi connectivity index (χ2n) is 4.29. The van der Waals surface area contributed by atoms with Crippen LogP contribution in [0.15, 0.2) is 18.3 Å². The van der Waals surface area contributed by atoms with Gasteiger partial charge in [-0.1, -0.05) is 0 Å². The summed E-state index contributed by atoms with van der Waals surface area (Å²) in [5, 5.41) is 15.2. The van der Waals surface area contributed by atoms with E-state index in [1.807, 2.05) is 12.1 Å². The van der Waals surface area contributed by atoms with Gasteiger partial charge < -0.3 is 15.4 Å². The van der Waals surface area contributed by atoms with Crippen LogP contribution in [-0.2, 0) is 4.74 Å². The largest absolute Gasteiger partial charge is 0.381 e. The maximum absolute atomic E-state index is 8.63. The predicted molar refractivity (Wildman–Crippen MR) is 69.3 cm³/mol. The molecule has 1 fully saturated rings. The Morgan fingerprint density at radius 3 is 2.94 bits per heavy atom. The molecular weight excluding hydrogens is 228 g/mol. The second-order valence-corrected chi connectivity index (χ2v) is 4.29. The van der Waals surface area contributed by atoms with Crippen molar-refractivity contribution in [3.63, 3.8) is 0 Å². The summed E-state index contributed by atoms with van der Waals surface area (Å²) < 4.78 is 5.77. The van der Waals surface area contributed by atoms with E-state index in [0.29, 0.717) is 18.4 Å². The van der Waals surface area contributed by atoms with Crippen LogP contribution in [0.2, 0.25) is 0 Å². The van der Waals surface area contributed by atoms with Gasteiger partial charge in [-0.05, 0) is 38.1 Å². The molecule has 5 heteroatoms. The fourth-order valence-corrected chi connectivity index (χ4v) is 1.95. The molecule has 0 aliphatic carbocycles. The van der Waals surface area contributed by atoms with Crippen LogP contribution in [0.25, 0.3) is 0 Å². The lowest BCUT2D eigenvalue weighted by Gasteiger charge is -2.23. The van der Waals surface area contributed by atoms with E-state index in [0.717, 1.165) is 38.2 Å². The molecule has 18 heavy (non-hydrogen) atoms. The minimum absolute atomic E-state index is 0.395. The molecule has 1 saturated heterocycles. The Labute approximate surface area is 107 Å². The molecule has 0 bridgehead atoms. The normalized spacial score (nSPS) is 16.2. The number of ether oxygens (including phenoxy) is 1. The van der Waals surface area contributed by atoms with Crippen LogP contribution < -0.4 is 10.6 Å². The number of piperidine rings is 1. The number of pyridine rings is 1. The first-order chi connectivity index (χ1) is 8.88. The lowest BCUT2D eigenvalue weighted by atomic mass is 10.1. The first kappa shape index (κ1) is 12.8. The van der Waals surface area contributed by atoms with Crippen molar-refractivity contribution in [1.29, 1.82) is 5.26 Å². The third kappa shape index (κ3) is 3.99. The zero-order valence-electron chi connectivity index (χ0n) is 10.4. The van der Waals surface area contributed by atoms with Gasteiger partial charge in [0, 0.05) is 6.54 Å². The highest BCUT2D eigenvalue weighted by atomic mass is 16.5. The van der Waals surface area contributed by atoms with Crippen LogP contribution in [0.4, 0.5) is 5.69 Å². The quantitative estimate of drug-likeness (QED) is 0.762. The van der Waals surface area contributed by atoms with Crippen molar-refractivity contribution in [3.8, 4) is 6.07 Å². The van der Waals surface area contributed by atoms with Gasteiger partial charge in [0.05, 0.1) is 24.6 Å². The lowest BCUT2D eigenvalue weighted by Crippen LogP contribution is -2.33. The smallest absolute Gasteiger partial charge is 0.140 e. The molecule has 0 radical (unpaired) electrons. The molecule has 1 aromatic heterocycles. The monoisotopic (exact) mass is 246 g/mol.